The van der Waals surface area contributed by atoms with Crippen molar-refractivity contribution < 1.29 is 9.53 Å². The lowest BCUT2D eigenvalue weighted by molar-refractivity contribution is 0.0600. The molecule has 1 atom stereocenters. The fraction of sp³-hybridized carbons (Fsp3) is 0.562. The van der Waals surface area contributed by atoms with Gasteiger partial charge in [0.2, 0.25) is 0 Å². The van der Waals surface area contributed by atoms with E-state index < -0.39 is 0 Å². The molecule has 2 N–H and O–H groups in total. The molecule has 1 aliphatic rings. The Hall–Kier alpha value is -1.10. The van der Waals surface area contributed by atoms with Crippen molar-refractivity contribution in [3.63, 3.8) is 0 Å². The second-order valence-electron chi connectivity index (χ2n) is 5.39. The molecule has 1 aromatic rings. The van der Waals surface area contributed by atoms with Crippen LogP contribution in [0.3, 0.4) is 0 Å². The second-order valence-corrected chi connectivity index (χ2v) is 5.39. The average Bonchev–Trinajstić information content (AvgIpc) is 2.49. The van der Waals surface area contributed by atoms with Gasteiger partial charge in [-0.05, 0) is 50.0 Å². The molecule has 2 rings (SSSR count). The molecule has 21 heavy (non-hydrogen) atoms. The maximum Gasteiger partial charge on any atom is 0.337 e. The van der Waals surface area contributed by atoms with E-state index in [1.807, 2.05) is 12.1 Å². The van der Waals surface area contributed by atoms with E-state index in [0.717, 1.165) is 31.6 Å². The van der Waals surface area contributed by atoms with Crippen molar-refractivity contribution >= 4 is 18.4 Å². The Bertz CT molecular complexity index is 452. The van der Waals surface area contributed by atoms with Gasteiger partial charge in [-0.2, -0.15) is 0 Å². The molecule has 118 valence electrons. The molecule has 0 radical (unpaired) electrons. The normalized spacial score (nSPS) is 18.9. The SMILES string of the molecule is COC(=O)c1cccc(CN2CCCCC2CCN)c1.Cl. The van der Waals surface area contributed by atoms with Crippen molar-refractivity contribution in [1.29, 1.82) is 0 Å². The Morgan fingerprint density at radius 2 is 2.24 bits per heavy atom. The Morgan fingerprint density at radius 1 is 1.43 bits per heavy atom. The molecule has 0 saturated carbocycles. The molecule has 0 spiro atoms. The van der Waals surface area contributed by atoms with Crippen molar-refractivity contribution in [3.8, 4) is 0 Å². The van der Waals surface area contributed by atoms with E-state index in [9.17, 15) is 4.79 Å². The summed E-state index contributed by atoms with van der Waals surface area (Å²) in [6.45, 7) is 2.74. The summed E-state index contributed by atoms with van der Waals surface area (Å²) in [6.07, 6.45) is 4.83. The van der Waals surface area contributed by atoms with E-state index >= 15 is 0 Å². The lowest BCUT2D eigenvalue weighted by atomic mass is 9.98. The van der Waals surface area contributed by atoms with Gasteiger partial charge in [0.1, 0.15) is 0 Å². The molecule has 1 aromatic carbocycles. The van der Waals surface area contributed by atoms with Gasteiger partial charge in [0.25, 0.3) is 0 Å². The number of nitrogens with zero attached hydrogens (tertiary/aromatic N) is 1. The summed E-state index contributed by atoms with van der Waals surface area (Å²) >= 11 is 0. The van der Waals surface area contributed by atoms with Gasteiger partial charge in [0, 0.05) is 12.6 Å². The Morgan fingerprint density at radius 3 is 2.95 bits per heavy atom. The van der Waals surface area contributed by atoms with Crippen LogP contribution in [-0.4, -0.2) is 37.1 Å². The number of methoxy groups -OCH3 is 1. The molecule has 4 nitrogen and oxygen atoms in total. The quantitative estimate of drug-likeness (QED) is 0.849. The molecule has 1 unspecified atom stereocenters. The summed E-state index contributed by atoms with van der Waals surface area (Å²) < 4.78 is 4.77. The molecule has 0 aliphatic carbocycles. The van der Waals surface area contributed by atoms with Gasteiger partial charge in [-0.25, -0.2) is 4.79 Å². The van der Waals surface area contributed by atoms with Crippen LogP contribution in [0.5, 0.6) is 0 Å². The van der Waals surface area contributed by atoms with Crippen LogP contribution in [0.4, 0.5) is 0 Å². The van der Waals surface area contributed by atoms with Gasteiger partial charge in [-0.15, -0.1) is 12.4 Å². The zero-order chi connectivity index (χ0) is 14.4. The Labute approximate surface area is 133 Å². The highest BCUT2D eigenvalue weighted by Crippen LogP contribution is 2.22. The minimum Gasteiger partial charge on any atom is -0.465 e. The first-order chi connectivity index (χ1) is 9.74. The zero-order valence-corrected chi connectivity index (χ0v) is 13.4. The standard InChI is InChI=1S/C16H24N2O2.ClH/c1-20-16(19)14-6-4-5-13(11-14)12-18-10-3-2-7-15(18)8-9-17;/h4-6,11,15H,2-3,7-10,12,17H2,1H3;1H. The van der Waals surface area contributed by atoms with Crippen molar-refractivity contribution in [2.24, 2.45) is 5.73 Å². The molecule has 0 bridgehead atoms. The first-order valence-corrected chi connectivity index (χ1v) is 7.36. The molecule has 0 amide bonds. The van der Waals surface area contributed by atoms with E-state index in [-0.39, 0.29) is 18.4 Å². The highest BCUT2D eigenvalue weighted by atomic mass is 35.5. The van der Waals surface area contributed by atoms with Crippen LogP contribution in [0.25, 0.3) is 0 Å². The van der Waals surface area contributed by atoms with Gasteiger partial charge >= 0.3 is 5.97 Å². The van der Waals surface area contributed by atoms with Crippen LogP contribution in [0.2, 0.25) is 0 Å². The van der Waals surface area contributed by atoms with Crippen LogP contribution in [0.1, 0.15) is 41.6 Å². The first kappa shape index (κ1) is 18.0. The highest BCUT2D eigenvalue weighted by molar-refractivity contribution is 5.89. The number of benzene rings is 1. The molecular formula is C16H25ClN2O2. The van der Waals surface area contributed by atoms with Gasteiger partial charge < -0.3 is 10.5 Å². The monoisotopic (exact) mass is 312 g/mol. The summed E-state index contributed by atoms with van der Waals surface area (Å²) in [7, 11) is 1.41. The van der Waals surface area contributed by atoms with Crippen molar-refractivity contribution in [2.45, 2.75) is 38.3 Å². The van der Waals surface area contributed by atoms with Crippen molar-refractivity contribution in [1.82, 2.24) is 4.90 Å². The number of esters is 1. The minimum atomic E-state index is -0.274. The number of hydrogen-bond acceptors (Lipinski definition) is 4. The largest absolute Gasteiger partial charge is 0.465 e. The molecule has 1 saturated heterocycles. The molecule has 1 aliphatic heterocycles. The lowest BCUT2D eigenvalue weighted by Gasteiger charge is -2.35. The van der Waals surface area contributed by atoms with Gasteiger partial charge in [-0.3, -0.25) is 4.90 Å². The molecular weight excluding hydrogens is 288 g/mol. The fourth-order valence-electron chi connectivity index (χ4n) is 2.94. The number of piperidine rings is 1. The van der Waals surface area contributed by atoms with E-state index in [2.05, 4.69) is 11.0 Å². The van der Waals surface area contributed by atoms with Crippen LogP contribution < -0.4 is 5.73 Å². The number of rotatable bonds is 5. The van der Waals surface area contributed by atoms with Gasteiger partial charge in [0.15, 0.2) is 0 Å². The topological polar surface area (TPSA) is 55.6 Å². The number of ether oxygens (including phenoxy) is 1. The Kier molecular flexibility index (Phi) is 7.72. The van der Waals surface area contributed by atoms with Crippen LogP contribution in [0, 0.1) is 0 Å². The lowest BCUT2D eigenvalue weighted by Crippen LogP contribution is -2.40. The van der Waals surface area contributed by atoms with E-state index in [0.29, 0.717) is 11.6 Å². The number of halogens is 1. The fourth-order valence-corrected chi connectivity index (χ4v) is 2.94. The summed E-state index contributed by atoms with van der Waals surface area (Å²) in [5.74, 6) is -0.274. The van der Waals surface area contributed by atoms with E-state index in [1.165, 1.54) is 26.4 Å². The number of nitrogens with two attached hydrogens (primary N) is 1. The average molecular weight is 313 g/mol. The predicted molar refractivity (Wildman–Crippen MR) is 86.7 cm³/mol. The summed E-state index contributed by atoms with van der Waals surface area (Å²) in [5, 5.41) is 0. The van der Waals surface area contributed by atoms with E-state index in [1.54, 1.807) is 6.07 Å². The summed E-state index contributed by atoms with van der Waals surface area (Å²) in [6, 6.07) is 8.29. The predicted octanol–water partition coefficient (Wildman–Crippen LogP) is 2.60. The molecule has 1 heterocycles. The number of likely N-dealkylation sites (tertiary alicyclic amines) is 1. The second kappa shape index (κ2) is 9.03. The van der Waals surface area contributed by atoms with Crippen LogP contribution >= 0.6 is 12.4 Å². The maximum absolute atomic E-state index is 11.6. The van der Waals surface area contributed by atoms with Gasteiger partial charge in [-0.1, -0.05) is 18.6 Å². The number of hydrogen-bond donors (Lipinski definition) is 1. The molecule has 5 heteroatoms. The summed E-state index contributed by atoms with van der Waals surface area (Å²) in [5.41, 5.74) is 7.50. The van der Waals surface area contributed by atoms with Gasteiger partial charge in [0.05, 0.1) is 12.7 Å². The third-order valence-electron chi connectivity index (χ3n) is 3.98. The van der Waals surface area contributed by atoms with E-state index in [4.69, 9.17) is 10.5 Å². The smallest absolute Gasteiger partial charge is 0.337 e. The first-order valence-electron chi connectivity index (χ1n) is 7.36. The van der Waals surface area contributed by atoms with Crippen LogP contribution in [-0.2, 0) is 11.3 Å². The third kappa shape index (κ3) is 4.99. The summed E-state index contributed by atoms with van der Waals surface area (Å²) in [4.78, 5) is 14.1. The maximum atomic E-state index is 11.6. The number of carbonyl (C=O) groups is 1. The highest BCUT2D eigenvalue weighted by Gasteiger charge is 2.21. The van der Waals surface area contributed by atoms with Crippen molar-refractivity contribution in [3.05, 3.63) is 35.4 Å². The minimum absolute atomic E-state index is 0. The molecule has 0 aromatic heterocycles. The third-order valence-corrected chi connectivity index (χ3v) is 3.98. The Balaban J connectivity index is 0.00000220. The van der Waals surface area contributed by atoms with Crippen LogP contribution in [0.15, 0.2) is 24.3 Å². The zero-order valence-electron chi connectivity index (χ0n) is 12.6. The van der Waals surface area contributed by atoms with Crippen molar-refractivity contribution in [2.75, 3.05) is 20.2 Å². The number of carbonyl (C=O) groups excluding carboxylic acids is 1. The molecule has 1 fully saturated rings.